The van der Waals surface area contributed by atoms with Crippen LogP contribution in [0.5, 0.6) is 0 Å². The molecule has 7 nitrogen and oxygen atoms in total. The zero-order valence-electron chi connectivity index (χ0n) is 13.6. The van der Waals surface area contributed by atoms with E-state index in [0.717, 1.165) is 44.1 Å². The summed E-state index contributed by atoms with van der Waals surface area (Å²) in [5, 5.41) is 2.93. The van der Waals surface area contributed by atoms with Crippen molar-refractivity contribution in [1.82, 2.24) is 9.80 Å². The summed E-state index contributed by atoms with van der Waals surface area (Å²) in [6, 6.07) is 7.50. The fourth-order valence-electron chi connectivity index (χ4n) is 2.89. The molecule has 2 amide bonds. The maximum Gasteiger partial charge on any atom is 0.321 e. The van der Waals surface area contributed by atoms with E-state index in [9.17, 15) is 13.2 Å². The molecule has 0 radical (unpaired) electrons. The van der Waals surface area contributed by atoms with Crippen molar-refractivity contribution in [3.05, 3.63) is 29.8 Å². The Kier molecular flexibility index (Phi) is 5.37. The number of sulfone groups is 1. The number of nitrogens with zero attached hydrogens (tertiary/aromatic N) is 2. The van der Waals surface area contributed by atoms with Crippen molar-refractivity contribution in [2.24, 2.45) is 0 Å². The SMILES string of the molecule is O=C(Nc1ccccc1CN1CCOCC1)N1CCS(=O)(=O)CC1. The maximum absolute atomic E-state index is 12.4. The molecule has 1 aromatic carbocycles. The molecule has 0 aromatic heterocycles. The Labute approximate surface area is 142 Å². The van der Waals surface area contributed by atoms with Crippen molar-refractivity contribution in [2.45, 2.75) is 6.54 Å². The van der Waals surface area contributed by atoms with Crippen LogP contribution in [0.4, 0.5) is 10.5 Å². The summed E-state index contributed by atoms with van der Waals surface area (Å²) in [6.45, 7) is 4.49. The molecule has 1 N–H and O–H groups in total. The predicted octanol–water partition coefficient (Wildman–Crippen LogP) is 0.781. The van der Waals surface area contributed by atoms with E-state index >= 15 is 0 Å². The molecule has 2 saturated heterocycles. The van der Waals surface area contributed by atoms with E-state index in [1.807, 2.05) is 24.3 Å². The molecule has 0 atom stereocenters. The van der Waals surface area contributed by atoms with Gasteiger partial charge >= 0.3 is 6.03 Å². The van der Waals surface area contributed by atoms with Gasteiger partial charge in [0.2, 0.25) is 0 Å². The number of morpholine rings is 1. The average molecular weight is 353 g/mol. The average Bonchev–Trinajstić information content (AvgIpc) is 2.57. The van der Waals surface area contributed by atoms with Gasteiger partial charge in [0.1, 0.15) is 0 Å². The molecule has 1 aromatic rings. The van der Waals surface area contributed by atoms with Crippen molar-refractivity contribution < 1.29 is 17.9 Å². The number of carbonyl (C=O) groups is 1. The normalized spacial score (nSPS) is 21.4. The van der Waals surface area contributed by atoms with Crippen molar-refractivity contribution in [3.63, 3.8) is 0 Å². The molecule has 0 unspecified atom stereocenters. The van der Waals surface area contributed by atoms with Crippen molar-refractivity contribution in [2.75, 3.05) is 56.2 Å². The van der Waals surface area contributed by atoms with Crippen LogP contribution >= 0.6 is 0 Å². The Morgan fingerprint density at radius 3 is 2.46 bits per heavy atom. The van der Waals surface area contributed by atoms with Crippen molar-refractivity contribution >= 4 is 21.6 Å². The largest absolute Gasteiger partial charge is 0.379 e. The van der Waals surface area contributed by atoms with Gasteiger partial charge in [-0.3, -0.25) is 4.90 Å². The highest BCUT2D eigenvalue weighted by molar-refractivity contribution is 7.91. The Morgan fingerprint density at radius 1 is 1.08 bits per heavy atom. The van der Waals surface area contributed by atoms with Gasteiger partial charge in [-0.1, -0.05) is 18.2 Å². The van der Waals surface area contributed by atoms with Crippen LogP contribution in [0.25, 0.3) is 0 Å². The second-order valence-corrected chi connectivity index (χ2v) is 8.42. The van der Waals surface area contributed by atoms with Crippen molar-refractivity contribution in [1.29, 1.82) is 0 Å². The smallest absolute Gasteiger partial charge is 0.321 e. The van der Waals surface area contributed by atoms with Gasteiger partial charge in [0.15, 0.2) is 9.84 Å². The molecule has 2 fully saturated rings. The molecule has 0 saturated carbocycles. The zero-order valence-corrected chi connectivity index (χ0v) is 14.4. The van der Waals surface area contributed by atoms with Gasteiger partial charge in [0.25, 0.3) is 0 Å². The third-order valence-electron chi connectivity index (χ3n) is 4.39. The Bertz CT molecular complexity index is 672. The molecule has 24 heavy (non-hydrogen) atoms. The van der Waals surface area contributed by atoms with Gasteiger partial charge in [-0.15, -0.1) is 0 Å². The lowest BCUT2D eigenvalue weighted by molar-refractivity contribution is 0.0342. The fraction of sp³-hybridized carbons (Fsp3) is 0.562. The fourth-order valence-corrected chi connectivity index (χ4v) is 4.09. The van der Waals surface area contributed by atoms with Crippen LogP contribution in [0.3, 0.4) is 0 Å². The summed E-state index contributed by atoms with van der Waals surface area (Å²) in [4.78, 5) is 16.3. The number of urea groups is 1. The van der Waals surface area contributed by atoms with E-state index < -0.39 is 9.84 Å². The first-order valence-corrected chi connectivity index (χ1v) is 10.00. The lowest BCUT2D eigenvalue weighted by Gasteiger charge is -2.29. The number of hydrogen-bond donors (Lipinski definition) is 1. The van der Waals surface area contributed by atoms with Gasteiger partial charge < -0.3 is 15.0 Å². The van der Waals surface area contributed by atoms with Crippen LogP contribution in [0.1, 0.15) is 5.56 Å². The molecule has 0 aliphatic carbocycles. The van der Waals surface area contributed by atoms with Gasteiger partial charge in [-0.05, 0) is 11.6 Å². The highest BCUT2D eigenvalue weighted by atomic mass is 32.2. The Hall–Kier alpha value is -1.64. The number of rotatable bonds is 3. The first-order chi connectivity index (χ1) is 11.5. The van der Waals surface area contributed by atoms with E-state index in [1.165, 1.54) is 0 Å². The predicted molar refractivity (Wildman–Crippen MR) is 91.8 cm³/mol. The number of amides is 2. The molecule has 2 heterocycles. The van der Waals surface area contributed by atoms with Crippen LogP contribution in [0, 0.1) is 0 Å². The lowest BCUT2D eigenvalue weighted by atomic mass is 10.1. The van der Waals surface area contributed by atoms with Gasteiger partial charge in [0, 0.05) is 38.4 Å². The minimum Gasteiger partial charge on any atom is -0.379 e. The highest BCUT2D eigenvalue weighted by Crippen LogP contribution is 2.19. The quantitative estimate of drug-likeness (QED) is 0.869. The van der Waals surface area contributed by atoms with Crippen molar-refractivity contribution in [3.8, 4) is 0 Å². The number of hydrogen-bond acceptors (Lipinski definition) is 5. The van der Waals surface area contributed by atoms with E-state index in [0.29, 0.717) is 0 Å². The first kappa shape index (κ1) is 17.2. The highest BCUT2D eigenvalue weighted by Gasteiger charge is 2.25. The van der Waals surface area contributed by atoms with Crippen LogP contribution in [-0.2, 0) is 21.1 Å². The molecule has 0 spiro atoms. The number of para-hydroxylation sites is 1. The molecule has 3 rings (SSSR count). The first-order valence-electron chi connectivity index (χ1n) is 8.18. The molecule has 0 bridgehead atoms. The third-order valence-corrected chi connectivity index (χ3v) is 6.00. The molecular formula is C16H23N3O4S. The van der Waals surface area contributed by atoms with Crippen LogP contribution in [-0.4, -0.2) is 75.1 Å². The minimum atomic E-state index is -2.99. The summed E-state index contributed by atoms with van der Waals surface area (Å²) in [5.74, 6) is 0.0751. The minimum absolute atomic E-state index is 0.0375. The van der Waals surface area contributed by atoms with Gasteiger partial charge in [-0.2, -0.15) is 0 Å². The summed E-state index contributed by atoms with van der Waals surface area (Å²) in [7, 11) is -2.99. The maximum atomic E-state index is 12.4. The van der Waals surface area contributed by atoms with Crippen LogP contribution in [0.2, 0.25) is 0 Å². The van der Waals surface area contributed by atoms with E-state index in [4.69, 9.17) is 4.74 Å². The summed E-state index contributed by atoms with van der Waals surface area (Å²) in [5.41, 5.74) is 1.83. The Balaban J connectivity index is 1.63. The number of ether oxygens (including phenoxy) is 1. The van der Waals surface area contributed by atoms with E-state index in [1.54, 1.807) is 4.90 Å². The standard InChI is InChI=1S/C16H23N3O4S/c20-16(19-7-11-24(21,22)12-8-19)17-15-4-2-1-3-14(15)13-18-5-9-23-10-6-18/h1-4H,5-13H2,(H,17,20). The van der Waals surface area contributed by atoms with E-state index in [2.05, 4.69) is 10.2 Å². The van der Waals surface area contributed by atoms with Gasteiger partial charge in [0.05, 0.1) is 24.7 Å². The lowest BCUT2D eigenvalue weighted by Crippen LogP contribution is -2.45. The topological polar surface area (TPSA) is 79.0 Å². The summed E-state index contributed by atoms with van der Waals surface area (Å²) in [6.07, 6.45) is 0. The van der Waals surface area contributed by atoms with Gasteiger partial charge in [-0.25, -0.2) is 13.2 Å². The van der Waals surface area contributed by atoms with Crippen LogP contribution < -0.4 is 5.32 Å². The second-order valence-electron chi connectivity index (χ2n) is 6.11. The summed E-state index contributed by atoms with van der Waals surface area (Å²) < 4.78 is 28.3. The molecule has 8 heteroatoms. The van der Waals surface area contributed by atoms with Crippen LogP contribution in [0.15, 0.2) is 24.3 Å². The Morgan fingerprint density at radius 2 is 1.75 bits per heavy atom. The third kappa shape index (κ3) is 4.46. The second kappa shape index (κ2) is 7.50. The number of nitrogens with one attached hydrogen (secondary N) is 1. The molecule has 132 valence electrons. The monoisotopic (exact) mass is 353 g/mol. The number of benzene rings is 1. The molecular weight excluding hydrogens is 330 g/mol. The number of anilines is 1. The number of carbonyl (C=O) groups excluding carboxylic acids is 1. The zero-order chi connectivity index (χ0) is 17.0. The molecule has 2 aliphatic rings. The molecule has 2 aliphatic heterocycles. The summed E-state index contributed by atoms with van der Waals surface area (Å²) >= 11 is 0. The van der Waals surface area contributed by atoms with E-state index in [-0.39, 0.29) is 30.6 Å².